The molecule has 1 aliphatic rings. The molecule has 20 heavy (non-hydrogen) atoms. The molecule has 0 bridgehead atoms. The second-order valence-corrected chi connectivity index (χ2v) is 4.63. The number of halogens is 2. The van der Waals surface area contributed by atoms with Crippen molar-refractivity contribution in [3.05, 3.63) is 59.2 Å². The minimum atomic E-state index is -0.982. The third-order valence-electron chi connectivity index (χ3n) is 3.27. The molecule has 0 aliphatic carbocycles. The Labute approximate surface area is 115 Å². The zero-order valence-corrected chi connectivity index (χ0v) is 10.4. The van der Waals surface area contributed by atoms with Crippen LogP contribution in [0.15, 0.2) is 36.4 Å². The van der Waals surface area contributed by atoms with Crippen molar-refractivity contribution in [3.8, 4) is 5.75 Å². The number of carbonyl (C=O) groups excluding carboxylic acids is 1. The summed E-state index contributed by atoms with van der Waals surface area (Å²) in [5.41, 5.74) is 0.870. The van der Waals surface area contributed by atoms with E-state index >= 15 is 0 Å². The van der Waals surface area contributed by atoms with E-state index in [9.17, 15) is 13.6 Å². The summed E-state index contributed by atoms with van der Waals surface area (Å²) < 4.78 is 32.6. The molecule has 1 atom stereocenters. The average Bonchev–Trinajstić information content (AvgIpc) is 2.42. The highest BCUT2D eigenvalue weighted by molar-refractivity contribution is 6.32. The van der Waals surface area contributed by atoms with Crippen molar-refractivity contribution in [1.29, 1.82) is 0 Å². The lowest BCUT2D eigenvalue weighted by atomic mass is 9.89. The molecule has 2 nitrogen and oxygen atoms in total. The Morgan fingerprint density at radius 3 is 2.80 bits per heavy atom. The number of rotatable bonds is 1. The average molecular weight is 270 g/mol. The monoisotopic (exact) mass is 270 g/mol. The molecule has 1 unspecified atom stereocenters. The van der Waals surface area contributed by atoms with E-state index in [4.69, 9.17) is 12.6 Å². The summed E-state index contributed by atoms with van der Waals surface area (Å²) in [4.78, 5) is 12.1. The Hall–Kier alpha value is -2.17. The van der Waals surface area contributed by atoms with Crippen molar-refractivity contribution >= 4 is 19.1 Å². The molecular weight excluding hydrogens is 261 g/mol. The number of ether oxygens (including phenoxy) is 1. The van der Waals surface area contributed by atoms with Crippen LogP contribution in [0.25, 0.3) is 0 Å². The summed E-state index contributed by atoms with van der Waals surface area (Å²) in [6.07, 6.45) is -0.870. The Morgan fingerprint density at radius 2 is 2.00 bits per heavy atom. The minimum absolute atomic E-state index is 0.0424. The topological polar surface area (TPSA) is 26.3 Å². The molecule has 0 saturated heterocycles. The van der Waals surface area contributed by atoms with Crippen LogP contribution in [0.5, 0.6) is 5.75 Å². The normalized spacial score (nSPS) is 17.5. The first-order valence-corrected chi connectivity index (χ1v) is 6.09. The van der Waals surface area contributed by atoms with Crippen molar-refractivity contribution < 1.29 is 18.3 Å². The third-order valence-corrected chi connectivity index (χ3v) is 3.27. The maximum absolute atomic E-state index is 13.8. The first kappa shape index (κ1) is 12.8. The van der Waals surface area contributed by atoms with Gasteiger partial charge in [-0.05, 0) is 12.1 Å². The smallest absolute Gasteiger partial charge is 0.170 e. The summed E-state index contributed by atoms with van der Waals surface area (Å²) in [6.45, 7) is 0. The number of benzene rings is 2. The van der Waals surface area contributed by atoms with E-state index in [1.54, 1.807) is 12.1 Å². The van der Waals surface area contributed by atoms with E-state index in [1.165, 1.54) is 18.2 Å². The Kier molecular flexibility index (Phi) is 3.05. The second kappa shape index (κ2) is 4.74. The zero-order chi connectivity index (χ0) is 14.3. The number of ketones is 1. The van der Waals surface area contributed by atoms with Gasteiger partial charge in [0.15, 0.2) is 17.4 Å². The largest absolute Gasteiger partial charge is 0.484 e. The number of fused-ring (bicyclic) bond motifs is 1. The van der Waals surface area contributed by atoms with E-state index < -0.39 is 17.7 Å². The van der Waals surface area contributed by atoms with Crippen LogP contribution < -0.4 is 10.2 Å². The lowest BCUT2D eigenvalue weighted by Crippen LogP contribution is -2.23. The van der Waals surface area contributed by atoms with Crippen molar-refractivity contribution in [2.45, 2.75) is 12.5 Å². The molecule has 0 fully saturated rings. The zero-order valence-electron chi connectivity index (χ0n) is 10.4. The van der Waals surface area contributed by atoms with Crippen LogP contribution in [0, 0.1) is 11.6 Å². The summed E-state index contributed by atoms with van der Waals surface area (Å²) >= 11 is 0. The van der Waals surface area contributed by atoms with Gasteiger partial charge in [-0.2, -0.15) is 0 Å². The SMILES string of the molecule is [B]c1ccc2c(c1)C(=O)CC(c1cccc(F)c1F)O2. The van der Waals surface area contributed by atoms with Crippen LogP contribution in [0.3, 0.4) is 0 Å². The van der Waals surface area contributed by atoms with E-state index in [0.29, 0.717) is 16.8 Å². The lowest BCUT2D eigenvalue weighted by Gasteiger charge is -2.26. The molecule has 0 saturated carbocycles. The maximum Gasteiger partial charge on any atom is 0.170 e. The number of hydrogen-bond acceptors (Lipinski definition) is 2. The Bertz CT molecular complexity index is 700. The summed E-state index contributed by atoms with van der Waals surface area (Å²) in [6, 6.07) is 8.51. The third kappa shape index (κ3) is 2.09. The van der Waals surface area contributed by atoms with Crippen molar-refractivity contribution in [1.82, 2.24) is 0 Å². The summed E-state index contributed by atoms with van der Waals surface area (Å²) in [5, 5.41) is 0. The standard InChI is InChI=1S/C15H9BF2O2/c16-8-4-5-13-10(6-8)12(19)7-14(20-13)9-2-1-3-11(17)15(9)18/h1-6,14H,7H2. The van der Waals surface area contributed by atoms with Crippen LogP contribution in [0.2, 0.25) is 0 Å². The minimum Gasteiger partial charge on any atom is -0.484 e. The van der Waals surface area contributed by atoms with Gasteiger partial charge in [-0.15, -0.1) is 0 Å². The molecule has 2 radical (unpaired) electrons. The highest BCUT2D eigenvalue weighted by Gasteiger charge is 2.30. The number of carbonyl (C=O) groups is 1. The molecule has 0 N–H and O–H groups in total. The first-order chi connectivity index (χ1) is 9.56. The molecule has 0 amide bonds. The molecule has 98 valence electrons. The van der Waals surface area contributed by atoms with E-state index in [1.807, 2.05) is 0 Å². The van der Waals surface area contributed by atoms with Gasteiger partial charge in [0.25, 0.3) is 0 Å². The van der Waals surface area contributed by atoms with Gasteiger partial charge in [0.1, 0.15) is 19.7 Å². The fraction of sp³-hybridized carbons (Fsp3) is 0.133. The van der Waals surface area contributed by atoms with Gasteiger partial charge in [0.05, 0.1) is 12.0 Å². The number of hydrogen-bond donors (Lipinski definition) is 0. The second-order valence-electron chi connectivity index (χ2n) is 4.63. The predicted octanol–water partition coefficient (Wildman–Crippen LogP) is 2.47. The molecule has 5 heteroatoms. The van der Waals surface area contributed by atoms with Gasteiger partial charge in [-0.3, -0.25) is 4.79 Å². The Balaban J connectivity index is 2.01. The highest BCUT2D eigenvalue weighted by atomic mass is 19.2. The van der Waals surface area contributed by atoms with Crippen LogP contribution >= 0.6 is 0 Å². The van der Waals surface area contributed by atoms with E-state index in [-0.39, 0.29) is 17.8 Å². The van der Waals surface area contributed by atoms with Gasteiger partial charge in [0.2, 0.25) is 0 Å². The number of Topliss-reactive ketones (excluding diaryl/α,β-unsaturated/α-hetero) is 1. The van der Waals surface area contributed by atoms with Crippen LogP contribution in [0.1, 0.15) is 28.4 Å². The van der Waals surface area contributed by atoms with Crippen LogP contribution in [-0.2, 0) is 0 Å². The van der Waals surface area contributed by atoms with Crippen LogP contribution in [0.4, 0.5) is 8.78 Å². The van der Waals surface area contributed by atoms with Crippen molar-refractivity contribution in [3.63, 3.8) is 0 Å². The van der Waals surface area contributed by atoms with Crippen LogP contribution in [-0.4, -0.2) is 13.6 Å². The molecule has 1 heterocycles. The maximum atomic E-state index is 13.8. The fourth-order valence-electron chi connectivity index (χ4n) is 2.28. The van der Waals surface area contributed by atoms with Gasteiger partial charge in [-0.25, -0.2) is 8.78 Å². The first-order valence-electron chi connectivity index (χ1n) is 6.09. The summed E-state index contributed by atoms with van der Waals surface area (Å²) in [5.74, 6) is -1.80. The molecule has 2 aromatic rings. The van der Waals surface area contributed by atoms with Gasteiger partial charge < -0.3 is 4.74 Å². The molecule has 2 aromatic carbocycles. The highest BCUT2D eigenvalue weighted by Crippen LogP contribution is 2.35. The fourth-order valence-corrected chi connectivity index (χ4v) is 2.28. The summed E-state index contributed by atoms with van der Waals surface area (Å²) in [7, 11) is 5.62. The Morgan fingerprint density at radius 1 is 1.20 bits per heavy atom. The van der Waals surface area contributed by atoms with Crippen molar-refractivity contribution in [2.24, 2.45) is 0 Å². The lowest BCUT2D eigenvalue weighted by molar-refractivity contribution is 0.0845. The van der Waals surface area contributed by atoms with Gasteiger partial charge in [-0.1, -0.05) is 29.7 Å². The molecule has 0 spiro atoms. The molecule has 3 rings (SSSR count). The molecule has 1 aliphatic heterocycles. The van der Waals surface area contributed by atoms with Gasteiger partial charge in [0, 0.05) is 5.56 Å². The van der Waals surface area contributed by atoms with E-state index in [2.05, 4.69) is 0 Å². The quantitative estimate of drug-likeness (QED) is 0.744. The predicted molar refractivity (Wildman–Crippen MR) is 70.5 cm³/mol. The van der Waals surface area contributed by atoms with Crippen molar-refractivity contribution in [2.75, 3.05) is 0 Å². The van der Waals surface area contributed by atoms with E-state index in [0.717, 1.165) is 6.07 Å². The molecule has 0 aromatic heterocycles. The van der Waals surface area contributed by atoms with Gasteiger partial charge >= 0.3 is 0 Å². The molecular formula is C15H9BF2O2.